The minimum Gasteiger partial charge on any atom is -0.462 e. The normalized spacial score (nSPS) is 10.3. The molecule has 1 aromatic heterocycles. The highest BCUT2D eigenvalue weighted by Crippen LogP contribution is 2.29. The Balaban J connectivity index is 2.28. The Bertz CT molecular complexity index is 598. The summed E-state index contributed by atoms with van der Waals surface area (Å²) in [6.45, 7) is 3.90. The highest BCUT2D eigenvalue weighted by atomic mass is 35.5. The summed E-state index contributed by atoms with van der Waals surface area (Å²) in [7, 11) is 0. The predicted molar refractivity (Wildman–Crippen MR) is 77.5 cm³/mol. The zero-order chi connectivity index (χ0) is 13.8. The number of carbonyl (C=O) groups excluding carboxylic acids is 1. The number of anilines is 2. The van der Waals surface area contributed by atoms with Crippen molar-refractivity contribution in [1.29, 1.82) is 0 Å². The number of hydrogen-bond donors (Lipinski definition) is 1. The Kier molecular flexibility index (Phi) is 4.39. The van der Waals surface area contributed by atoms with Crippen molar-refractivity contribution in [2.24, 2.45) is 0 Å². The van der Waals surface area contributed by atoms with Crippen LogP contribution in [0.1, 0.15) is 23.0 Å². The molecular formula is C13H13ClN2O2S. The molecule has 4 nitrogen and oxygen atoms in total. The first-order valence-electron chi connectivity index (χ1n) is 5.77. The summed E-state index contributed by atoms with van der Waals surface area (Å²) in [4.78, 5) is 11.9. The molecule has 0 spiro atoms. The van der Waals surface area contributed by atoms with Gasteiger partial charge in [-0.15, -0.1) is 0 Å². The number of nitrogens with one attached hydrogen (secondary N) is 1. The molecule has 0 aliphatic heterocycles. The van der Waals surface area contributed by atoms with Crippen LogP contribution in [0.25, 0.3) is 0 Å². The number of halogens is 1. The van der Waals surface area contributed by atoms with E-state index in [0.29, 0.717) is 27.9 Å². The van der Waals surface area contributed by atoms with E-state index in [4.69, 9.17) is 16.3 Å². The van der Waals surface area contributed by atoms with Crippen LogP contribution >= 0.6 is 23.1 Å². The van der Waals surface area contributed by atoms with E-state index in [0.717, 1.165) is 5.69 Å². The summed E-state index contributed by atoms with van der Waals surface area (Å²) in [6, 6.07) is 7.28. The molecule has 2 aromatic rings. The Morgan fingerprint density at radius 2 is 2.32 bits per heavy atom. The lowest BCUT2D eigenvalue weighted by atomic mass is 10.2. The minimum absolute atomic E-state index is 0.338. The molecule has 0 fully saturated rings. The van der Waals surface area contributed by atoms with Crippen LogP contribution in [0.3, 0.4) is 0 Å². The van der Waals surface area contributed by atoms with Gasteiger partial charge < -0.3 is 10.1 Å². The summed E-state index contributed by atoms with van der Waals surface area (Å²) in [6.07, 6.45) is 0. The van der Waals surface area contributed by atoms with Crippen LogP contribution in [-0.2, 0) is 4.74 Å². The van der Waals surface area contributed by atoms with Gasteiger partial charge >= 0.3 is 5.97 Å². The topological polar surface area (TPSA) is 51.2 Å². The molecular weight excluding hydrogens is 284 g/mol. The third-order valence-corrected chi connectivity index (χ3v) is 3.51. The van der Waals surface area contributed by atoms with Crippen molar-refractivity contribution in [1.82, 2.24) is 4.37 Å². The van der Waals surface area contributed by atoms with Gasteiger partial charge in [0.2, 0.25) is 0 Å². The molecule has 0 saturated carbocycles. The van der Waals surface area contributed by atoms with E-state index >= 15 is 0 Å². The van der Waals surface area contributed by atoms with Gasteiger partial charge in [0.1, 0.15) is 10.6 Å². The fourth-order valence-electron chi connectivity index (χ4n) is 1.60. The molecule has 1 aromatic carbocycles. The number of nitrogens with zero attached hydrogens (tertiary/aromatic N) is 1. The van der Waals surface area contributed by atoms with Crippen molar-refractivity contribution >= 4 is 39.8 Å². The number of aryl methyl sites for hydroxylation is 1. The van der Waals surface area contributed by atoms with Crippen molar-refractivity contribution in [3.63, 3.8) is 0 Å². The monoisotopic (exact) mass is 296 g/mol. The van der Waals surface area contributed by atoms with Gasteiger partial charge in [-0.3, -0.25) is 0 Å². The fourth-order valence-corrected chi connectivity index (χ4v) is 2.59. The van der Waals surface area contributed by atoms with Gasteiger partial charge in [0.15, 0.2) is 0 Å². The number of benzene rings is 1. The SMILES string of the molecule is CCOC(=O)c1c(C)nsc1Nc1cccc(Cl)c1. The Morgan fingerprint density at radius 3 is 3.00 bits per heavy atom. The molecule has 0 atom stereocenters. The third-order valence-electron chi connectivity index (χ3n) is 2.42. The maximum Gasteiger partial charge on any atom is 0.343 e. The molecule has 0 aliphatic carbocycles. The molecule has 1 heterocycles. The van der Waals surface area contributed by atoms with Crippen LogP contribution in [0.15, 0.2) is 24.3 Å². The Morgan fingerprint density at radius 1 is 1.53 bits per heavy atom. The molecule has 0 bridgehead atoms. The maximum absolute atomic E-state index is 11.9. The van der Waals surface area contributed by atoms with Gasteiger partial charge in [0, 0.05) is 10.7 Å². The molecule has 19 heavy (non-hydrogen) atoms. The molecule has 6 heteroatoms. The van der Waals surface area contributed by atoms with Crippen LogP contribution in [0.2, 0.25) is 5.02 Å². The van der Waals surface area contributed by atoms with E-state index < -0.39 is 0 Å². The summed E-state index contributed by atoms with van der Waals surface area (Å²) in [5, 5.41) is 4.44. The highest BCUT2D eigenvalue weighted by molar-refractivity contribution is 7.10. The number of aromatic nitrogens is 1. The Hall–Kier alpha value is -1.59. The van der Waals surface area contributed by atoms with Crippen LogP contribution in [0, 0.1) is 6.92 Å². The van der Waals surface area contributed by atoms with E-state index in [1.807, 2.05) is 12.1 Å². The van der Waals surface area contributed by atoms with Gasteiger partial charge in [-0.05, 0) is 43.6 Å². The molecule has 0 saturated heterocycles. The summed E-state index contributed by atoms with van der Waals surface area (Å²) < 4.78 is 9.21. The third kappa shape index (κ3) is 3.24. The van der Waals surface area contributed by atoms with E-state index in [1.165, 1.54) is 11.5 Å². The second kappa shape index (κ2) is 6.04. The lowest BCUT2D eigenvalue weighted by Crippen LogP contribution is -2.07. The quantitative estimate of drug-likeness (QED) is 0.866. The largest absolute Gasteiger partial charge is 0.462 e. The average molecular weight is 297 g/mol. The lowest BCUT2D eigenvalue weighted by Gasteiger charge is -2.07. The maximum atomic E-state index is 11.9. The molecule has 0 amide bonds. The van der Waals surface area contributed by atoms with Gasteiger partial charge in [-0.25, -0.2) is 4.79 Å². The number of esters is 1. The van der Waals surface area contributed by atoms with E-state index in [2.05, 4.69) is 9.69 Å². The first kappa shape index (κ1) is 13.8. The summed E-state index contributed by atoms with van der Waals surface area (Å²) in [5.41, 5.74) is 1.95. The lowest BCUT2D eigenvalue weighted by molar-refractivity contribution is 0.0527. The number of carbonyl (C=O) groups is 1. The number of ether oxygens (including phenoxy) is 1. The molecule has 100 valence electrons. The number of hydrogen-bond acceptors (Lipinski definition) is 5. The van der Waals surface area contributed by atoms with Gasteiger partial charge in [0.25, 0.3) is 0 Å². The first-order valence-corrected chi connectivity index (χ1v) is 6.93. The summed E-state index contributed by atoms with van der Waals surface area (Å²) in [5.74, 6) is -0.363. The molecule has 2 rings (SSSR count). The van der Waals surface area contributed by atoms with Crippen molar-refractivity contribution in [3.8, 4) is 0 Å². The Labute approximate surface area is 120 Å². The standard InChI is InChI=1S/C13H13ClN2O2S/c1-3-18-13(17)11-8(2)16-19-12(11)15-10-6-4-5-9(14)7-10/h4-7,15H,3H2,1-2H3. The van der Waals surface area contributed by atoms with E-state index in [9.17, 15) is 4.79 Å². The van der Waals surface area contributed by atoms with Crippen LogP contribution in [0.4, 0.5) is 10.7 Å². The van der Waals surface area contributed by atoms with Gasteiger partial charge in [0.05, 0.1) is 12.3 Å². The first-order chi connectivity index (χ1) is 9.11. The zero-order valence-electron chi connectivity index (χ0n) is 10.6. The molecule has 0 aliphatic rings. The smallest absolute Gasteiger partial charge is 0.343 e. The van der Waals surface area contributed by atoms with Crippen LogP contribution in [-0.4, -0.2) is 16.9 Å². The minimum atomic E-state index is -0.363. The van der Waals surface area contributed by atoms with Crippen molar-refractivity contribution < 1.29 is 9.53 Å². The molecule has 0 unspecified atom stereocenters. The van der Waals surface area contributed by atoms with Crippen molar-refractivity contribution in [2.75, 3.05) is 11.9 Å². The van der Waals surface area contributed by atoms with Crippen molar-refractivity contribution in [3.05, 3.63) is 40.5 Å². The van der Waals surface area contributed by atoms with Crippen molar-refractivity contribution in [2.45, 2.75) is 13.8 Å². The molecule has 0 radical (unpaired) electrons. The number of rotatable bonds is 4. The summed E-state index contributed by atoms with van der Waals surface area (Å²) >= 11 is 7.15. The van der Waals surface area contributed by atoms with E-state index in [1.54, 1.807) is 26.0 Å². The fraction of sp³-hybridized carbons (Fsp3) is 0.231. The average Bonchev–Trinajstić information content (AvgIpc) is 2.71. The zero-order valence-corrected chi connectivity index (χ0v) is 12.1. The molecule has 1 N–H and O–H groups in total. The second-order valence-electron chi connectivity index (χ2n) is 3.83. The van der Waals surface area contributed by atoms with Crippen LogP contribution in [0.5, 0.6) is 0 Å². The predicted octanol–water partition coefficient (Wildman–Crippen LogP) is 4.03. The second-order valence-corrected chi connectivity index (χ2v) is 5.04. The van der Waals surface area contributed by atoms with Crippen LogP contribution < -0.4 is 5.32 Å². The van der Waals surface area contributed by atoms with Gasteiger partial charge in [-0.2, -0.15) is 4.37 Å². The highest BCUT2D eigenvalue weighted by Gasteiger charge is 2.19. The van der Waals surface area contributed by atoms with E-state index in [-0.39, 0.29) is 5.97 Å². The van der Waals surface area contributed by atoms with Gasteiger partial charge in [-0.1, -0.05) is 17.7 Å².